The van der Waals surface area contributed by atoms with Gasteiger partial charge in [0.05, 0.1) is 0 Å². The minimum Gasteiger partial charge on any atom is -0.310 e. The monoisotopic (exact) mass is 689 g/mol. The number of hydrogen-bond acceptors (Lipinski definition) is 1. The predicted octanol–water partition coefficient (Wildman–Crippen LogP) is 14.7. The summed E-state index contributed by atoms with van der Waals surface area (Å²) in [6.45, 7) is 4.81. The molecule has 3 saturated carbocycles. The Morgan fingerprint density at radius 1 is 0.491 bits per heavy atom. The van der Waals surface area contributed by atoms with Gasteiger partial charge in [-0.3, -0.25) is 0 Å². The van der Waals surface area contributed by atoms with E-state index in [2.05, 4.69) is 158 Å². The SMILES string of the molecule is CC1(C)c2ccc(-c3ccccc3)cc2-c2ccc(N(c3ccc(C4CC5CCC4C5)cc3)c3cccc(-c4ccccc4C4CCCCC4)c3)cc21. The Morgan fingerprint density at radius 2 is 1.25 bits per heavy atom. The van der Waals surface area contributed by atoms with Crippen LogP contribution in [-0.4, -0.2) is 0 Å². The summed E-state index contributed by atoms with van der Waals surface area (Å²) in [5.41, 5.74) is 17.4. The first-order valence-corrected chi connectivity index (χ1v) is 20.5. The second kappa shape index (κ2) is 13.2. The molecule has 4 aliphatic rings. The molecule has 0 radical (unpaired) electrons. The molecule has 1 heteroatoms. The molecule has 4 aliphatic carbocycles. The highest BCUT2D eigenvalue weighted by Gasteiger charge is 2.40. The highest BCUT2D eigenvalue weighted by molar-refractivity contribution is 5.88. The smallest absolute Gasteiger partial charge is 0.0467 e. The van der Waals surface area contributed by atoms with E-state index in [0.717, 1.165) is 17.8 Å². The summed E-state index contributed by atoms with van der Waals surface area (Å²) in [4.78, 5) is 2.52. The van der Waals surface area contributed by atoms with Crippen molar-refractivity contribution in [3.63, 3.8) is 0 Å². The molecule has 2 bridgehead atoms. The second-order valence-corrected chi connectivity index (χ2v) is 17.2. The third kappa shape index (κ3) is 5.75. The van der Waals surface area contributed by atoms with E-state index in [0.29, 0.717) is 5.92 Å². The molecular weight excluding hydrogens is 639 g/mol. The van der Waals surface area contributed by atoms with Crippen molar-refractivity contribution in [1.29, 1.82) is 0 Å². The van der Waals surface area contributed by atoms with Crippen molar-refractivity contribution in [2.45, 2.75) is 88.9 Å². The molecule has 6 aromatic rings. The standard InChI is InChI=1S/C52H51N/c1-52(2)50-29-24-39(36-12-5-3-6-13-36)33-49(50)47-28-27-44(34-51(47)52)53(42-25-22-38(23-26-42)48-31-35-20-21-41(48)30-35)43-17-11-16-40(32-43)46-19-10-9-18-45(46)37-14-7-4-8-15-37/h3,5-6,9-13,16-19,22-29,32-35,37,41,48H,4,7-8,14-15,20-21,30-31H2,1-2H3. The first-order valence-electron chi connectivity index (χ1n) is 20.5. The maximum Gasteiger partial charge on any atom is 0.0467 e. The van der Waals surface area contributed by atoms with Gasteiger partial charge < -0.3 is 4.90 Å². The molecule has 3 atom stereocenters. The van der Waals surface area contributed by atoms with Crippen LogP contribution >= 0.6 is 0 Å². The average Bonchev–Trinajstić information content (AvgIpc) is 3.92. The molecule has 264 valence electrons. The van der Waals surface area contributed by atoms with Crippen molar-refractivity contribution in [2.75, 3.05) is 4.90 Å². The lowest BCUT2D eigenvalue weighted by molar-refractivity contribution is 0.420. The molecule has 0 amide bonds. The van der Waals surface area contributed by atoms with Gasteiger partial charge in [0.1, 0.15) is 0 Å². The van der Waals surface area contributed by atoms with E-state index >= 15 is 0 Å². The summed E-state index contributed by atoms with van der Waals surface area (Å²) >= 11 is 0. The van der Waals surface area contributed by atoms with Gasteiger partial charge in [0.15, 0.2) is 0 Å². The van der Waals surface area contributed by atoms with E-state index < -0.39 is 0 Å². The van der Waals surface area contributed by atoms with Gasteiger partial charge >= 0.3 is 0 Å². The van der Waals surface area contributed by atoms with Crippen LogP contribution in [0.25, 0.3) is 33.4 Å². The zero-order valence-electron chi connectivity index (χ0n) is 31.4. The Balaban J connectivity index is 1.07. The van der Waals surface area contributed by atoms with Gasteiger partial charge in [-0.1, -0.05) is 137 Å². The number of benzene rings is 6. The van der Waals surface area contributed by atoms with Crippen molar-refractivity contribution < 1.29 is 0 Å². The summed E-state index contributed by atoms with van der Waals surface area (Å²) in [6, 6.07) is 53.5. The van der Waals surface area contributed by atoms with E-state index in [1.54, 1.807) is 0 Å². The maximum atomic E-state index is 2.52. The van der Waals surface area contributed by atoms with Crippen LogP contribution in [0.5, 0.6) is 0 Å². The Kier molecular flexibility index (Phi) is 8.16. The number of rotatable bonds is 7. The minimum atomic E-state index is -0.103. The van der Waals surface area contributed by atoms with Gasteiger partial charge in [-0.05, 0) is 154 Å². The van der Waals surface area contributed by atoms with Crippen LogP contribution in [0.4, 0.5) is 17.1 Å². The Morgan fingerprint density at radius 3 is 2.04 bits per heavy atom. The lowest BCUT2D eigenvalue weighted by Gasteiger charge is -2.29. The molecule has 3 fully saturated rings. The van der Waals surface area contributed by atoms with Crippen LogP contribution in [0.2, 0.25) is 0 Å². The molecule has 0 aromatic heterocycles. The molecule has 6 aromatic carbocycles. The molecule has 0 spiro atoms. The Bertz CT molecular complexity index is 2270. The summed E-state index contributed by atoms with van der Waals surface area (Å²) in [5.74, 6) is 3.21. The number of nitrogens with zero attached hydrogens (tertiary/aromatic N) is 1. The molecule has 3 unspecified atom stereocenters. The van der Waals surface area contributed by atoms with Crippen molar-refractivity contribution in [3.8, 4) is 33.4 Å². The zero-order valence-corrected chi connectivity index (χ0v) is 31.4. The molecule has 0 N–H and O–H groups in total. The number of fused-ring (bicyclic) bond motifs is 5. The molecule has 0 saturated heterocycles. The van der Waals surface area contributed by atoms with Crippen molar-refractivity contribution >= 4 is 17.1 Å². The van der Waals surface area contributed by atoms with E-state index in [4.69, 9.17) is 0 Å². The first-order chi connectivity index (χ1) is 26.0. The second-order valence-electron chi connectivity index (χ2n) is 17.2. The largest absolute Gasteiger partial charge is 0.310 e. The molecule has 0 heterocycles. The van der Waals surface area contributed by atoms with E-state index in [9.17, 15) is 0 Å². The van der Waals surface area contributed by atoms with Crippen molar-refractivity contribution in [2.24, 2.45) is 11.8 Å². The third-order valence-electron chi connectivity index (χ3n) is 13.8. The van der Waals surface area contributed by atoms with Gasteiger partial charge in [0.25, 0.3) is 0 Å². The van der Waals surface area contributed by atoms with Gasteiger partial charge in [0, 0.05) is 22.5 Å². The fourth-order valence-electron chi connectivity index (χ4n) is 11.0. The van der Waals surface area contributed by atoms with Crippen LogP contribution in [0.1, 0.15) is 106 Å². The Labute approximate surface area is 316 Å². The van der Waals surface area contributed by atoms with Crippen LogP contribution in [-0.2, 0) is 5.41 Å². The van der Waals surface area contributed by atoms with Crippen LogP contribution in [0, 0.1) is 11.8 Å². The summed E-state index contributed by atoms with van der Waals surface area (Å²) in [5, 5.41) is 0. The van der Waals surface area contributed by atoms with Crippen LogP contribution in [0.3, 0.4) is 0 Å². The first kappa shape index (κ1) is 32.7. The number of hydrogen-bond donors (Lipinski definition) is 0. The average molecular weight is 690 g/mol. The number of anilines is 3. The van der Waals surface area contributed by atoms with Gasteiger partial charge in [-0.15, -0.1) is 0 Å². The maximum absolute atomic E-state index is 2.52. The molecular formula is C52H51N. The molecule has 1 nitrogen and oxygen atoms in total. The van der Waals surface area contributed by atoms with Gasteiger partial charge in [0.2, 0.25) is 0 Å². The molecule has 0 aliphatic heterocycles. The highest BCUT2D eigenvalue weighted by atomic mass is 15.1. The van der Waals surface area contributed by atoms with Crippen molar-refractivity contribution in [1.82, 2.24) is 0 Å². The Hall–Kier alpha value is -4.88. The van der Waals surface area contributed by atoms with Crippen molar-refractivity contribution in [3.05, 3.63) is 162 Å². The van der Waals surface area contributed by atoms with E-state index in [1.165, 1.54) is 130 Å². The fourth-order valence-corrected chi connectivity index (χ4v) is 11.0. The topological polar surface area (TPSA) is 3.24 Å². The normalized spacial score (nSPS) is 21.4. The fraction of sp³-hybridized carbons (Fsp3) is 0.308. The predicted molar refractivity (Wildman–Crippen MR) is 224 cm³/mol. The zero-order chi connectivity index (χ0) is 35.5. The third-order valence-corrected chi connectivity index (χ3v) is 13.8. The lowest BCUT2D eigenvalue weighted by atomic mass is 9.81. The van der Waals surface area contributed by atoms with E-state index in [-0.39, 0.29) is 5.41 Å². The van der Waals surface area contributed by atoms with Crippen LogP contribution < -0.4 is 4.90 Å². The quantitative estimate of drug-likeness (QED) is 0.161. The summed E-state index contributed by atoms with van der Waals surface area (Å²) < 4.78 is 0. The minimum absolute atomic E-state index is 0.103. The molecule has 53 heavy (non-hydrogen) atoms. The van der Waals surface area contributed by atoms with Gasteiger partial charge in [-0.2, -0.15) is 0 Å². The lowest BCUT2D eigenvalue weighted by Crippen LogP contribution is -2.16. The summed E-state index contributed by atoms with van der Waals surface area (Å²) in [7, 11) is 0. The summed E-state index contributed by atoms with van der Waals surface area (Å²) in [6.07, 6.45) is 12.3. The van der Waals surface area contributed by atoms with E-state index in [1.807, 2.05) is 0 Å². The molecule has 10 rings (SSSR count). The van der Waals surface area contributed by atoms with Gasteiger partial charge in [-0.25, -0.2) is 0 Å². The van der Waals surface area contributed by atoms with Crippen LogP contribution in [0.15, 0.2) is 140 Å². The highest BCUT2D eigenvalue weighted by Crippen LogP contribution is 2.54.